The van der Waals surface area contributed by atoms with Gasteiger partial charge in [0.05, 0.1) is 26.4 Å². The molecule has 61 heavy (non-hydrogen) atoms. The van der Waals surface area contributed by atoms with Crippen molar-refractivity contribution in [2.45, 2.75) is 123 Å². The number of hydrogen-bond donors (Lipinski definition) is 15. The van der Waals surface area contributed by atoms with Gasteiger partial charge in [0, 0.05) is 6.07 Å². The minimum atomic E-state index is -1.84. The van der Waals surface area contributed by atoms with Crippen LogP contribution in [0.5, 0.6) is 17.2 Å². The number of benzene rings is 2. The summed E-state index contributed by atoms with van der Waals surface area (Å²) in [6.07, 6.45) is -29.5. The first-order valence-corrected chi connectivity index (χ1v) is 19.2. The Balaban J connectivity index is 1.05. The fraction of sp³-hybridized carbons (Fsp3) is 0.632. The third-order valence-electron chi connectivity index (χ3n) is 10.7. The Morgan fingerprint density at radius 3 is 1.25 bits per heavy atom. The Bertz CT molecular complexity index is 1710. The van der Waals surface area contributed by atoms with Gasteiger partial charge in [-0.05, 0) is 35.4 Å². The third kappa shape index (κ3) is 10.4. The summed E-state index contributed by atoms with van der Waals surface area (Å²) in [5.41, 5.74) is 1.00. The fourth-order valence-electron chi connectivity index (χ4n) is 7.19. The van der Waals surface area contributed by atoms with Crippen molar-refractivity contribution in [3.05, 3.63) is 53.6 Å². The zero-order valence-electron chi connectivity index (χ0n) is 32.0. The van der Waals surface area contributed by atoms with Gasteiger partial charge < -0.3 is 114 Å². The van der Waals surface area contributed by atoms with E-state index in [9.17, 15) is 76.6 Å². The van der Waals surface area contributed by atoms with Crippen LogP contribution in [0.4, 0.5) is 0 Å². The Hall–Kier alpha value is -3.22. The number of phenolic OH excluding ortho intramolecular Hbond substituents is 1. The first-order valence-electron chi connectivity index (χ1n) is 19.2. The van der Waals surface area contributed by atoms with Gasteiger partial charge in [-0.1, -0.05) is 24.3 Å². The molecule has 0 aromatic heterocycles. The van der Waals surface area contributed by atoms with Crippen LogP contribution in [0, 0.1) is 0 Å². The van der Waals surface area contributed by atoms with Crippen LogP contribution in [0.25, 0.3) is 12.2 Å². The zero-order chi connectivity index (χ0) is 44.3. The van der Waals surface area contributed by atoms with Gasteiger partial charge in [0.2, 0.25) is 12.6 Å². The molecule has 0 saturated carbocycles. The summed E-state index contributed by atoms with van der Waals surface area (Å²) in [6, 6.07) is 10.3. The summed E-state index contributed by atoms with van der Waals surface area (Å²) in [5, 5.41) is 154. The molecule has 4 aliphatic heterocycles. The Morgan fingerprint density at radius 1 is 0.410 bits per heavy atom. The zero-order valence-corrected chi connectivity index (χ0v) is 32.0. The molecule has 4 aliphatic rings. The normalized spacial score (nSPS) is 42.1. The van der Waals surface area contributed by atoms with E-state index in [1.165, 1.54) is 30.3 Å². The average Bonchev–Trinajstić information content (AvgIpc) is 3.25. The van der Waals surface area contributed by atoms with Crippen molar-refractivity contribution in [2.24, 2.45) is 0 Å². The maximum Gasteiger partial charge on any atom is 0.229 e. The molecule has 342 valence electrons. The van der Waals surface area contributed by atoms with Gasteiger partial charge in [0.1, 0.15) is 115 Å². The molecule has 6 rings (SSSR count). The van der Waals surface area contributed by atoms with Crippen LogP contribution in [-0.2, 0) is 28.4 Å². The molecule has 0 bridgehead atoms. The first kappa shape index (κ1) is 47.3. The molecule has 4 fully saturated rings. The van der Waals surface area contributed by atoms with Crippen LogP contribution in [0.15, 0.2) is 42.5 Å². The molecule has 0 amide bonds. The van der Waals surface area contributed by atoms with E-state index in [2.05, 4.69) is 0 Å². The number of rotatable bonds is 14. The maximum atomic E-state index is 10.9. The third-order valence-corrected chi connectivity index (χ3v) is 10.7. The van der Waals surface area contributed by atoms with Crippen molar-refractivity contribution >= 4 is 12.2 Å². The van der Waals surface area contributed by atoms with Crippen LogP contribution in [0.3, 0.4) is 0 Å². The molecule has 15 N–H and O–H groups in total. The summed E-state index contributed by atoms with van der Waals surface area (Å²) in [4.78, 5) is 0. The number of aliphatic hydroxyl groups is 14. The fourth-order valence-corrected chi connectivity index (χ4v) is 7.19. The molecule has 0 aliphatic carbocycles. The largest absolute Gasteiger partial charge is 0.508 e. The number of hydrogen-bond acceptors (Lipinski definition) is 23. The van der Waals surface area contributed by atoms with Crippen molar-refractivity contribution in [2.75, 3.05) is 26.4 Å². The monoisotopic (exact) mass is 876 g/mol. The van der Waals surface area contributed by atoms with Gasteiger partial charge in [-0.25, -0.2) is 0 Å². The molecule has 23 heteroatoms. The number of aromatic hydroxyl groups is 1. The van der Waals surface area contributed by atoms with Crippen molar-refractivity contribution in [3.8, 4) is 17.2 Å². The Labute approximate surface area is 346 Å². The van der Waals surface area contributed by atoms with Gasteiger partial charge in [-0.2, -0.15) is 0 Å². The highest BCUT2D eigenvalue weighted by Crippen LogP contribution is 2.33. The highest BCUT2D eigenvalue weighted by molar-refractivity contribution is 5.71. The van der Waals surface area contributed by atoms with E-state index in [1.807, 2.05) is 0 Å². The molecule has 2 aromatic carbocycles. The second-order valence-corrected chi connectivity index (χ2v) is 14.9. The minimum absolute atomic E-state index is 0.0279. The van der Waals surface area contributed by atoms with Crippen LogP contribution < -0.4 is 9.47 Å². The van der Waals surface area contributed by atoms with E-state index in [1.54, 1.807) is 24.3 Å². The predicted octanol–water partition coefficient (Wildman–Crippen LogP) is -6.43. The topological polar surface area (TPSA) is 377 Å². The van der Waals surface area contributed by atoms with Crippen LogP contribution in [0.1, 0.15) is 11.1 Å². The molecule has 0 spiro atoms. The maximum absolute atomic E-state index is 10.9. The summed E-state index contributed by atoms with van der Waals surface area (Å²) < 4.78 is 44.5. The van der Waals surface area contributed by atoms with Gasteiger partial charge in [0.15, 0.2) is 12.6 Å². The quantitative estimate of drug-likeness (QED) is 0.0785. The van der Waals surface area contributed by atoms with Crippen molar-refractivity contribution in [1.82, 2.24) is 0 Å². The second kappa shape index (κ2) is 20.5. The Kier molecular flexibility index (Phi) is 15.9. The van der Waals surface area contributed by atoms with Gasteiger partial charge in [-0.15, -0.1) is 0 Å². The molecule has 4 heterocycles. The summed E-state index contributed by atoms with van der Waals surface area (Å²) in [5.74, 6) is -0.119. The van der Waals surface area contributed by atoms with Crippen molar-refractivity contribution < 1.29 is 114 Å². The van der Waals surface area contributed by atoms with Gasteiger partial charge >= 0.3 is 0 Å². The lowest BCUT2D eigenvalue weighted by Crippen LogP contribution is -2.65. The average molecular weight is 877 g/mol. The molecule has 23 nitrogen and oxygen atoms in total. The van der Waals surface area contributed by atoms with E-state index in [-0.39, 0.29) is 17.2 Å². The molecule has 0 radical (unpaired) electrons. The molecule has 4 saturated heterocycles. The standard InChI is InChI=1S/C38H52O23/c39-10-19-23(44)25(46)29(50)37(56-19)60-33-21(12-41)58-35(31(52)27(33)48)54-17-5-3-14(4-6-17)1-2-15-7-16(43)9-18(8-15)55-36-32(53)28(49)34(22(13-42)59-36)61-38-30(51)26(47)24(45)20(11-40)57-38/h1-9,19-53H,10-13H2. The predicted molar refractivity (Wildman–Crippen MR) is 198 cm³/mol. The van der Waals surface area contributed by atoms with Gasteiger partial charge in [-0.3, -0.25) is 0 Å². The smallest absolute Gasteiger partial charge is 0.229 e. The molecule has 20 atom stereocenters. The minimum Gasteiger partial charge on any atom is -0.508 e. The molecular formula is C38H52O23. The highest BCUT2D eigenvalue weighted by atomic mass is 16.8. The SMILES string of the molecule is OCC1OC(OC2C(CO)OC(Oc3ccc(C=Cc4cc(O)cc(OC5OC(CO)C(OC6OC(CO)C(O)C(O)C6O)C(O)C5O)c4)cc3)C(O)C2O)C(O)C(O)C1O. The molecule has 20 unspecified atom stereocenters. The number of phenols is 1. The highest BCUT2D eigenvalue weighted by Gasteiger charge is 2.53. The number of ether oxygens (including phenoxy) is 8. The lowest BCUT2D eigenvalue weighted by atomic mass is 9.97. The summed E-state index contributed by atoms with van der Waals surface area (Å²) in [6.45, 7) is -3.02. The van der Waals surface area contributed by atoms with Gasteiger partial charge in [0.25, 0.3) is 0 Å². The first-order chi connectivity index (χ1) is 29.1. The van der Waals surface area contributed by atoms with E-state index in [0.29, 0.717) is 11.1 Å². The second-order valence-electron chi connectivity index (χ2n) is 14.9. The van der Waals surface area contributed by atoms with Crippen LogP contribution >= 0.6 is 0 Å². The van der Waals surface area contributed by atoms with E-state index in [4.69, 9.17) is 37.9 Å². The summed E-state index contributed by atoms with van der Waals surface area (Å²) >= 11 is 0. The number of aliphatic hydroxyl groups excluding tert-OH is 14. The van der Waals surface area contributed by atoms with Crippen molar-refractivity contribution in [3.63, 3.8) is 0 Å². The van der Waals surface area contributed by atoms with Crippen LogP contribution in [0.2, 0.25) is 0 Å². The van der Waals surface area contributed by atoms with E-state index >= 15 is 0 Å². The van der Waals surface area contributed by atoms with E-state index in [0.717, 1.165) is 0 Å². The lowest BCUT2D eigenvalue weighted by molar-refractivity contribution is -0.352. The lowest BCUT2D eigenvalue weighted by Gasteiger charge is -2.45. The molecule has 2 aromatic rings. The molecular weight excluding hydrogens is 824 g/mol. The van der Waals surface area contributed by atoms with Crippen molar-refractivity contribution in [1.29, 1.82) is 0 Å². The van der Waals surface area contributed by atoms with E-state index < -0.39 is 149 Å². The summed E-state index contributed by atoms with van der Waals surface area (Å²) in [7, 11) is 0. The Morgan fingerprint density at radius 2 is 0.803 bits per heavy atom. The van der Waals surface area contributed by atoms with Crippen LogP contribution in [-0.4, -0.2) is 226 Å².